The van der Waals surface area contributed by atoms with Crippen LogP contribution in [0.3, 0.4) is 0 Å². The number of nitrogens with one attached hydrogen (secondary N) is 1. The van der Waals surface area contributed by atoms with Gasteiger partial charge in [-0.15, -0.1) is 0 Å². The Morgan fingerprint density at radius 3 is 2.69 bits per heavy atom. The SMILES string of the molecule is CN(C/C=C\CNC(=O)OC(C)(C)C)C[C@H](CO)O[C@H](CO)n1cnc2c(N)ncnc21. The molecular formula is C20H33N7O5. The van der Waals surface area contributed by atoms with Gasteiger partial charge in [0.25, 0.3) is 0 Å². The summed E-state index contributed by atoms with van der Waals surface area (Å²) in [6.07, 6.45) is 4.64. The lowest BCUT2D eigenvalue weighted by Gasteiger charge is -2.26. The van der Waals surface area contributed by atoms with E-state index in [2.05, 4.69) is 20.3 Å². The van der Waals surface area contributed by atoms with Gasteiger partial charge in [-0.2, -0.15) is 0 Å². The van der Waals surface area contributed by atoms with Crippen LogP contribution in [0.4, 0.5) is 10.6 Å². The van der Waals surface area contributed by atoms with Crippen LogP contribution >= 0.6 is 0 Å². The number of carbonyl (C=O) groups excluding carboxylic acids is 1. The lowest BCUT2D eigenvalue weighted by Crippen LogP contribution is -2.36. The number of amides is 1. The molecule has 0 spiro atoms. The number of aliphatic hydroxyl groups is 2. The van der Waals surface area contributed by atoms with Crippen LogP contribution in [-0.4, -0.2) is 92.3 Å². The number of hydrogen-bond acceptors (Lipinski definition) is 10. The number of aliphatic hydroxyl groups excluding tert-OH is 2. The number of fused-ring (bicyclic) bond motifs is 1. The van der Waals surface area contributed by atoms with E-state index >= 15 is 0 Å². The molecule has 2 heterocycles. The van der Waals surface area contributed by atoms with Crippen LogP contribution in [0.25, 0.3) is 11.2 Å². The van der Waals surface area contributed by atoms with E-state index in [1.165, 1.54) is 12.7 Å². The molecule has 0 aliphatic heterocycles. The number of nitrogen functional groups attached to an aromatic ring is 1. The first kappa shape index (κ1) is 25.5. The molecule has 178 valence electrons. The molecule has 12 heteroatoms. The van der Waals surface area contributed by atoms with Gasteiger partial charge in [0.1, 0.15) is 17.4 Å². The number of hydrogen-bond donors (Lipinski definition) is 4. The highest BCUT2D eigenvalue weighted by molar-refractivity contribution is 5.81. The van der Waals surface area contributed by atoms with E-state index in [9.17, 15) is 15.0 Å². The van der Waals surface area contributed by atoms with Gasteiger partial charge in [-0.1, -0.05) is 12.2 Å². The lowest BCUT2D eigenvalue weighted by atomic mass is 10.2. The Bertz CT molecular complexity index is 896. The summed E-state index contributed by atoms with van der Waals surface area (Å²) >= 11 is 0. The smallest absolute Gasteiger partial charge is 0.407 e. The molecule has 1 amide bonds. The van der Waals surface area contributed by atoms with Crippen molar-refractivity contribution in [1.29, 1.82) is 0 Å². The minimum atomic E-state index is -0.798. The molecule has 0 saturated heterocycles. The normalized spacial score (nSPS) is 14.2. The van der Waals surface area contributed by atoms with Crippen molar-refractivity contribution in [1.82, 2.24) is 29.7 Å². The number of imidazole rings is 1. The highest BCUT2D eigenvalue weighted by atomic mass is 16.6. The molecule has 32 heavy (non-hydrogen) atoms. The zero-order valence-electron chi connectivity index (χ0n) is 18.9. The second-order valence-corrected chi connectivity index (χ2v) is 8.24. The van der Waals surface area contributed by atoms with E-state index < -0.39 is 24.0 Å². The number of likely N-dealkylation sites (N-methyl/N-ethyl adjacent to an activating group) is 1. The second kappa shape index (κ2) is 11.7. The predicted molar refractivity (Wildman–Crippen MR) is 119 cm³/mol. The summed E-state index contributed by atoms with van der Waals surface area (Å²) in [4.78, 5) is 25.8. The van der Waals surface area contributed by atoms with E-state index in [1.54, 1.807) is 25.3 Å². The summed E-state index contributed by atoms with van der Waals surface area (Å²) in [6, 6.07) is 0. The molecule has 0 saturated carbocycles. The van der Waals surface area contributed by atoms with E-state index in [4.69, 9.17) is 15.2 Å². The van der Waals surface area contributed by atoms with E-state index in [0.29, 0.717) is 30.8 Å². The van der Waals surface area contributed by atoms with Crippen molar-refractivity contribution in [3.05, 3.63) is 24.8 Å². The standard InChI is InChI=1S/C20H33N7O5/c1-20(2,3)32-19(30)22-7-5-6-8-26(4)9-14(10-28)31-15(11-29)27-13-25-16-17(21)23-12-24-18(16)27/h5-6,12-15,28-29H,7-11H2,1-4H3,(H,22,30)(H2,21,23,24)/b6-5-/t14-,15-/m1/s1. The number of nitrogens with zero attached hydrogens (tertiary/aromatic N) is 5. The molecule has 5 N–H and O–H groups in total. The number of nitrogens with two attached hydrogens (primary N) is 1. The van der Waals surface area contributed by atoms with E-state index in [1.807, 2.05) is 24.1 Å². The predicted octanol–water partition coefficient (Wildman–Crippen LogP) is 0.290. The van der Waals surface area contributed by atoms with E-state index in [0.717, 1.165) is 0 Å². The fourth-order valence-electron chi connectivity index (χ4n) is 2.86. The van der Waals surface area contributed by atoms with Gasteiger partial charge in [-0.3, -0.25) is 4.57 Å². The van der Waals surface area contributed by atoms with E-state index in [-0.39, 0.29) is 19.0 Å². The summed E-state index contributed by atoms with van der Waals surface area (Å²) < 4.78 is 12.6. The van der Waals surface area contributed by atoms with Crippen LogP contribution in [0.2, 0.25) is 0 Å². The van der Waals surface area contributed by atoms with Gasteiger partial charge < -0.3 is 35.6 Å². The maximum absolute atomic E-state index is 11.6. The number of rotatable bonds is 11. The zero-order chi connectivity index (χ0) is 23.7. The first-order valence-corrected chi connectivity index (χ1v) is 10.2. The van der Waals surface area contributed by atoms with Crippen molar-refractivity contribution in [3.8, 4) is 0 Å². The van der Waals surface area contributed by atoms with Crippen LogP contribution in [0.1, 0.15) is 27.0 Å². The lowest BCUT2D eigenvalue weighted by molar-refractivity contribution is -0.101. The van der Waals surface area contributed by atoms with Gasteiger partial charge in [0, 0.05) is 19.6 Å². The van der Waals surface area contributed by atoms with Gasteiger partial charge >= 0.3 is 6.09 Å². The van der Waals surface area contributed by atoms with Gasteiger partial charge in [-0.25, -0.2) is 19.7 Å². The Labute approximate surface area is 187 Å². The van der Waals surface area contributed by atoms with Crippen molar-refractivity contribution in [2.75, 3.05) is 45.6 Å². The molecule has 0 radical (unpaired) electrons. The minimum Gasteiger partial charge on any atom is -0.444 e. The Balaban J connectivity index is 1.85. The average molecular weight is 452 g/mol. The van der Waals surface area contributed by atoms with Crippen LogP contribution in [0.15, 0.2) is 24.8 Å². The number of carbonyl (C=O) groups is 1. The average Bonchev–Trinajstić information content (AvgIpc) is 3.15. The van der Waals surface area contributed by atoms with Crippen molar-refractivity contribution in [2.45, 2.75) is 38.7 Å². The van der Waals surface area contributed by atoms with Gasteiger partial charge in [-0.05, 0) is 27.8 Å². The molecule has 0 aliphatic carbocycles. The third-order valence-electron chi connectivity index (χ3n) is 4.27. The van der Waals surface area contributed by atoms with Crippen LogP contribution < -0.4 is 11.1 Å². The quantitative estimate of drug-likeness (QED) is 0.349. The molecule has 2 rings (SSSR count). The summed E-state index contributed by atoms with van der Waals surface area (Å²) in [7, 11) is 1.87. The maximum Gasteiger partial charge on any atom is 0.407 e. The zero-order valence-corrected chi connectivity index (χ0v) is 18.9. The van der Waals surface area contributed by atoms with Gasteiger partial charge in [0.15, 0.2) is 17.7 Å². The largest absolute Gasteiger partial charge is 0.444 e. The molecule has 0 unspecified atom stereocenters. The fraction of sp³-hybridized carbons (Fsp3) is 0.600. The molecule has 0 aliphatic rings. The summed E-state index contributed by atoms with van der Waals surface area (Å²) in [6.45, 7) is 6.14. The second-order valence-electron chi connectivity index (χ2n) is 8.24. The molecule has 0 fully saturated rings. The molecule has 2 atom stereocenters. The first-order valence-electron chi connectivity index (χ1n) is 10.2. The number of aromatic nitrogens is 4. The molecule has 2 aromatic rings. The van der Waals surface area contributed by atoms with Crippen molar-refractivity contribution in [2.24, 2.45) is 0 Å². The van der Waals surface area contributed by atoms with Crippen LogP contribution in [0.5, 0.6) is 0 Å². The van der Waals surface area contributed by atoms with Gasteiger partial charge in [0.2, 0.25) is 0 Å². The van der Waals surface area contributed by atoms with Crippen molar-refractivity contribution < 1.29 is 24.5 Å². The molecular weight excluding hydrogens is 418 g/mol. The van der Waals surface area contributed by atoms with Crippen LogP contribution in [0, 0.1) is 0 Å². The topological polar surface area (TPSA) is 161 Å². The molecule has 2 aromatic heterocycles. The van der Waals surface area contributed by atoms with Crippen molar-refractivity contribution >= 4 is 23.1 Å². The number of ether oxygens (including phenoxy) is 2. The summed E-state index contributed by atoms with van der Waals surface area (Å²) in [5.41, 5.74) is 6.11. The number of alkyl carbamates (subject to hydrolysis) is 1. The highest BCUT2D eigenvalue weighted by Gasteiger charge is 2.21. The Hall–Kier alpha value is -2.80. The fourth-order valence-corrected chi connectivity index (χ4v) is 2.86. The maximum atomic E-state index is 11.6. The summed E-state index contributed by atoms with van der Waals surface area (Å²) in [5, 5.41) is 22.2. The third kappa shape index (κ3) is 7.71. The minimum absolute atomic E-state index is 0.233. The first-order chi connectivity index (χ1) is 15.1. The Morgan fingerprint density at radius 2 is 2.03 bits per heavy atom. The monoisotopic (exact) mass is 451 g/mol. The highest BCUT2D eigenvalue weighted by Crippen LogP contribution is 2.20. The number of anilines is 1. The Morgan fingerprint density at radius 1 is 1.28 bits per heavy atom. The summed E-state index contributed by atoms with van der Waals surface area (Å²) in [5.74, 6) is 0.233. The Kier molecular flexibility index (Phi) is 9.32. The van der Waals surface area contributed by atoms with Crippen LogP contribution in [-0.2, 0) is 9.47 Å². The molecule has 0 aromatic carbocycles. The van der Waals surface area contributed by atoms with Crippen molar-refractivity contribution in [3.63, 3.8) is 0 Å². The molecule has 0 bridgehead atoms. The molecule has 12 nitrogen and oxygen atoms in total. The van der Waals surface area contributed by atoms with Gasteiger partial charge in [0.05, 0.1) is 25.6 Å². The third-order valence-corrected chi connectivity index (χ3v) is 4.27.